The molecule has 2 fully saturated rings. The molecule has 1 aliphatic carbocycles. The molecular weight excluding hydrogens is 294 g/mol. The number of aryl methyl sites for hydroxylation is 1. The van der Waals surface area contributed by atoms with Gasteiger partial charge in [0, 0.05) is 31.4 Å². The number of tetrazole rings is 1. The van der Waals surface area contributed by atoms with Crippen LogP contribution >= 0.6 is 0 Å². The topological polar surface area (TPSA) is 84.9 Å². The van der Waals surface area contributed by atoms with Crippen LogP contribution in [0.3, 0.4) is 0 Å². The monoisotopic (exact) mass is 317 g/mol. The Hall–Kier alpha value is -1.80. The van der Waals surface area contributed by atoms with Crippen molar-refractivity contribution in [1.82, 2.24) is 34.9 Å². The van der Waals surface area contributed by atoms with Gasteiger partial charge in [-0.15, -0.1) is 5.10 Å². The van der Waals surface area contributed by atoms with E-state index in [2.05, 4.69) is 25.5 Å². The molecule has 0 unspecified atom stereocenters. The second-order valence-corrected chi connectivity index (χ2v) is 6.69. The molecule has 2 aromatic rings. The Morgan fingerprint density at radius 2 is 2.13 bits per heavy atom. The SMILES string of the molecule is Cn1cc(CN2[C@H](CO)CC[C@H]2c2nnnn2C2CCC2)cn1. The number of rotatable bonds is 5. The molecule has 8 nitrogen and oxygen atoms in total. The standard InChI is InChI=1S/C15H23N7O/c1-20-8-11(7-16-20)9-21-13(10-23)5-6-14(21)15-17-18-19-22(15)12-3-2-4-12/h7-8,12-14,23H,2-6,9-10H2,1H3/t13-,14-/m0/s1. The van der Waals surface area contributed by atoms with E-state index in [0.29, 0.717) is 6.04 Å². The Morgan fingerprint density at radius 1 is 1.26 bits per heavy atom. The maximum atomic E-state index is 9.75. The highest BCUT2D eigenvalue weighted by Gasteiger charge is 2.38. The molecule has 0 bridgehead atoms. The Kier molecular flexibility index (Phi) is 3.86. The van der Waals surface area contributed by atoms with Gasteiger partial charge in [-0.3, -0.25) is 9.58 Å². The molecule has 0 radical (unpaired) electrons. The van der Waals surface area contributed by atoms with Crippen LogP contribution in [0.4, 0.5) is 0 Å². The van der Waals surface area contributed by atoms with Crippen LogP contribution in [0.5, 0.6) is 0 Å². The van der Waals surface area contributed by atoms with Gasteiger partial charge < -0.3 is 5.11 Å². The van der Waals surface area contributed by atoms with Gasteiger partial charge in [-0.05, 0) is 42.5 Å². The summed E-state index contributed by atoms with van der Waals surface area (Å²) in [6, 6.07) is 0.781. The summed E-state index contributed by atoms with van der Waals surface area (Å²) in [5.74, 6) is 0.953. The number of aliphatic hydroxyl groups excluding tert-OH is 1. The lowest BCUT2D eigenvalue weighted by Crippen LogP contribution is -2.35. The van der Waals surface area contributed by atoms with Crippen molar-refractivity contribution in [2.45, 2.75) is 56.8 Å². The lowest BCUT2D eigenvalue weighted by Gasteiger charge is -2.31. The van der Waals surface area contributed by atoms with E-state index in [1.165, 1.54) is 6.42 Å². The quantitative estimate of drug-likeness (QED) is 0.879. The maximum absolute atomic E-state index is 9.75. The first-order chi connectivity index (χ1) is 11.3. The fourth-order valence-corrected chi connectivity index (χ4v) is 3.72. The van der Waals surface area contributed by atoms with E-state index in [0.717, 1.165) is 43.6 Å². The van der Waals surface area contributed by atoms with Crippen molar-refractivity contribution in [1.29, 1.82) is 0 Å². The molecule has 1 N–H and O–H groups in total. The van der Waals surface area contributed by atoms with E-state index < -0.39 is 0 Å². The van der Waals surface area contributed by atoms with Crippen molar-refractivity contribution < 1.29 is 5.11 Å². The average Bonchev–Trinajstić information content (AvgIpc) is 3.18. The third kappa shape index (κ3) is 2.66. The van der Waals surface area contributed by atoms with Gasteiger partial charge in [-0.2, -0.15) is 5.10 Å². The molecule has 1 saturated carbocycles. The van der Waals surface area contributed by atoms with Gasteiger partial charge in [-0.1, -0.05) is 0 Å². The highest BCUT2D eigenvalue weighted by atomic mass is 16.3. The van der Waals surface area contributed by atoms with Gasteiger partial charge >= 0.3 is 0 Å². The van der Waals surface area contributed by atoms with Crippen molar-refractivity contribution in [3.8, 4) is 0 Å². The summed E-state index contributed by atoms with van der Waals surface area (Å²) in [6.07, 6.45) is 9.45. The number of nitrogens with zero attached hydrogens (tertiary/aromatic N) is 7. The molecule has 0 aromatic carbocycles. The van der Waals surface area contributed by atoms with E-state index in [4.69, 9.17) is 0 Å². The first-order valence-corrected chi connectivity index (χ1v) is 8.38. The molecule has 0 spiro atoms. The fraction of sp³-hybridized carbons (Fsp3) is 0.733. The van der Waals surface area contributed by atoms with E-state index in [9.17, 15) is 5.11 Å². The van der Waals surface area contributed by atoms with Gasteiger partial charge in [0.25, 0.3) is 0 Å². The van der Waals surface area contributed by atoms with Crippen LogP contribution in [0.15, 0.2) is 12.4 Å². The van der Waals surface area contributed by atoms with Crippen molar-refractivity contribution in [2.24, 2.45) is 7.05 Å². The largest absolute Gasteiger partial charge is 0.395 e. The molecule has 2 aromatic heterocycles. The first-order valence-electron chi connectivity index (χ1n) is 8.38. The zero-order valence-electron chi connectivity index (χ0n) is 13.4. The predicted octanol–water partition coefficient (Wildman–Crippen LogP) is 0.830. The lowest BCUT2D eigenvalue weighted by molar-refractivity contribution is 0.114. The molecular formula is C15H23N7O. The maximum Gasteiger partial charge on any atom is 0.168 e. The summed E-state index contributed by atoms with van der Waals surface area (Å²) in [7, 11) is 1.92. The third-order valence-corrected chi connectivity index (χ3v) is 5.21. The summed E-state index contributed by atoms with van der Waals surface area (Å²) in [5, 5.41) is 26.5. The first kappa shape index (κ1) is 14.8. The number of aromatic nitrogens is 6. The van der Waals surface area contributed by atoms with Crippen LogP contribution in [-0.4, -0.2) is 52.6 Å². The Bertz CT molecular complexity index is 662. The zero-order valence-corrected chi connectivity index (χ0v) is 13.4. The van der Waals surface area contributed by atoms with E-state index in [-0.39, 0.29) is 18.7 Å². The van der Waals surface area contributed by atoms with Crippen LogP contribution in [0, 0.1) is 0 Å². The fourth-order valence-electron chi connectivity index (χ4n) is 3.72. The minimum Gasteiger partial charge on any atom is -0.395 e. The number of hydrogen-bond donors (Lipinski definition) is 1. The molecule has 1 saturated heterocycles. The molecule has 124 valence electrons. The number of aliphatic hydroxyl groups is 1. The Balaban J connectivity index is 1.60. The molecule has 0 amide bonds. The molecule has 2 aliphatic rings. The van der Waals surface area contributed by atoms with Gasteiger partial charge in [0.2, 0.25) is 0 Å². The van der Waals surface area contributed by atoms with Crippen molar-refractivity contribution in [3.63, 3.8) is 0 Å². The van der Waals surface area contributed by atoms with E-state index in [1.807, 2.05) is 28.8 Å². The van der Waals surface area contributed by atoms with Gasteiger partial charge in [-0.25, -0.2) is 4.68 Å². The van der Waals surface area contributed by atoms with Gasteiger partial charge in [0.05, 0.1) is 24.9 Å². The Labute approximate surface area is 135 Å². The molecule has 3 heterocycles. The number of hydrogen-bond acceptors (Lipinski definition) is 6. The Morgan fingerprint density at radius 3 is 2.78 bits per heavy atom. The highest BCUT2D eigenvalue weighted by Crippen LogP contribution is 2.39. The van der Waals surface area contributed by atoms with Gasteiger partial charge in [0.1, 0.15) is 0 Å². The van der Waals surface area contributed by atoms with E-state index in [1.54, 1.807) is 0 Å². The van der Waals surface area contributed by atoms with Gasteiger partial charge in [0.15, 0.2) is 5.82 Å². The number of likely N-dealkylation sites (tertiary alicyclic amines) is 1. The minimum atomic E-state index is 0.159. The van der Waals surface area contributed by atoms with E-state index >= 15 is 0 Å². The predicted molar refractivity (Wildman–Crippen MR) is 82.3 cm³/mol. The summed E-state index contributed by atoms with van der Waals surface area (Å²) < 4.78 is 3.83. The second-order valence-electron chi connectivity index (χ2n) is 6.69. The smallest absolute Gasteiger partial charge is 0.168 e. The third-order valence-electron chi connectivity index (χ3n) is 5.21. The lowest BCUT2D eigenvalue weighted by atomic mass is 9.93. The molecule has 4 rings (SSSR count). The van der Waals surface area contributed by atoms with Crippen molar-refractivity contribution in [3.05, 3.63) is 23.8 Å². The van der Waals surface area contributed by atoms with Crippen LogP contribution < -0.4 is 0 Å². The van der Waals surface area contributed by atoms with Crippen molar-refractivity contribution >= 4 is 0 Å². The van der Waals surface area contributed by atoms with Crippen LogP contribution in [0.2, 0.25) is 0 Å². The zero-order chi connectivity index (χ0) is 15.8. The summed E-state index contributed by atoms with van der Waals surface area (Å²) in [6.45, 7) is 0.934. The molecule has 2 atom stereocenters. The average molecular weight is 317 g/mol. The summed E-state index contributed by atoms with van der Waals surface area (Å²) in [5.41, 5.74) is 1.15. The second kappa shape index (κ2) is 6.01. The van der Waals surface area contributed by atoms with Crippen LogP contribution in [0.25, 0.3) is 0 Å². The molecule has 1 aliphatic heterocycles. The minimum absolute atomic E-state index is 0.159. The highest BCUT2D eigenvalue weighted by molar-refractivity contribution is 5.08. The van der Waals surface area contributed by atoms with Crippen LogP contribution in [-0.2, 0) is 13.6 Å². The summed E-state index contributed by atoms with van der Waals surface area (Å²) >= 11 is 0. The molecule has 8 heteroatoms. The summed E-state index contributed by atoms with van der Waals surface area (Å²) in [4.78, 5) is 2.33. The molecule has 23 heavy (non-hydrogen) atoms. The van der Waals surface area contributed by atoms with Crippen LogP contribution in [0.1, 0.15) is 55.6 Å². The van der Waals surface area contributed by atoms with Crippen molar-refractivity contribution in [2.75, 3.05) is 6.61 Å². The normalized spacial score (nSPS) is 25.8.